The van der Waals surface area contributed by atoms with Crippen molar-refractivity contribution < 1.29 is 9.53 Å². The number of halogens is 1. The normalized spacial score (nSPS) is 17.9. The van der Waals surface area contributed by atoms with Crippen molar-refractivity contribution in [3.63, 3.8) is 0 Å². The van der Waals surface area contributed by atoms with E-state index in [2.05, 4.69) is 20.5 Å². The zero-order valence-corrected chi connectivity index (χ0v) is 11.9. The highest BCUT2D eigenvalue weighted by Gasteiger charge is 2.20. The van der Waals surface area contributed by atoms with Crippen LogP contribution in [0.4, 0.5) is 11.6 Å². The molecule has 1 aliphatic heterocycles. The predicted octanol–water partition coefficient (Wildman–Crippen LogP) is 2.14. The summed E-state index contributed by atoms with van der Waals surface area (Å²) in [7, 11) is 0. The Bertz CT molecular complexity index is 666. The highest BCUT2D eigenvalue weighted by molar-refractivity contribution is 6.29. The molecule has 1 saturated heterocycles. The first-order chi connectivity index (χ1) is 10.1. The van der Waals surface area contributed by atoms with Crippen LogP contribution in [0.5, 0.6) is 0 Å². The Morgan fingerprint density at radius 2 is 2.38 bits per heavy atom. The number of carbonyl (C=O) groups excluding carboxylic acids is 1. The summed E-state index contributed by atoms with van der Waals surface area (Å²) in [5.41, 5.74) is 6.78. The molecule has 2 aromatic rings. The molecule has 1 unspecified atom stereocenters. The van der Waals surface area contributed by atoms with Gasteiger partial charge in [0.2, 0.25) is 0 Å². The molecule has 21 heavy (non-hydrogen) atoms. The van der Waals surface area contributed by atoms with Gasteiger partial charge in [-0.05, 0) is 25.0 Å². The molecule has 1 fully saturated rings. The molecule has 0 radical (unpaired) electrons. The number of aromatic nitrogens is 3. The van der Waals surface area contributed by atoms with Crippen molar-refractivity contribution >= 4 is 29.1 Å². The van der Waals surface area contributed by atoms with Crippen molar-refractivity contribution in [3.8, 4) is 0 Å². The molecule has 1 atom stereocenters. The smallest absolute Gasteiger partial charge is 0.260 e. The number of ether oxygens (including phenoxy) is 1. The van der Waals surface area contributed by atoms with Crippen LogP contribution in [0.3, 0.4) is 0 Å². The molecule has 0 spiro atoms. The number of nitrogen functional groups attached to an aromatic ring is 1. The molecule has 1 aliphatic rings. The maximum Gasteiger partial charge on any atom is 0.260 e. The predicted molar refractivity (Wildman–Crippen MR) is 78.1 cm³/mol. The van der Waals surface area contributed by atoms with Gasteiger partial charge in [-0.25, -0.2) is 4.98 Å². The van der Waals surface area contributed by atoms with E-state index >= 15 is 0 Å². The van der Waals surface area contributed by atoms with Crippen molar-refractivity contribution in [3.05, 3.63) is 34.6 Å². The lowest BCUT2D eigenvalue weighted by Gasteiger charge is -2.05. The van der Waals surface area contributed by atoms with E-state index in [0.29, 0.717) is 5.82 Å². The number of aromatic amines is 1. The summed E-state index contributed by atoms with van der Waals surface area (Å²) in [6.07, 6.45) is 1.99. The summed E-state index contributed by atoms with van der Waals surface area (Å²) >= 11 is 5.70. The SMILES string of the molecule is Nc1nc(Cl)ccc1C(=O)Nc1cc(C2CCCO2)[nH]n1. The van der Waals surface area contributed by atoms with Crippen molar-refractivity contribution in [2.24, 2.45) is 0 Å². The van der Waals surface area contributed by atoms with Crippen LogP contribution < -0.4 is 11.1 Å². The van der Waals surface area contributed by atoms with Crippen LogP contribution in [0.25, 0.3) is 0 Å². The summed E-state index contributed by atoms with van der Waals surface area (Å²) in [5, 5.41) is 9.82. The van der Waals surface area contributed by atoms with Crippen LogP contribution in [-0.2, 0) is 4.74 Å². The second-order valence-electron chi connectivity index (χ2n) is 4.73. The van der Waals surface area contributed by atoms with Crippen molar-refractivity contribution in [2.45, 2.75) is 18.9 Å². The lowest BCUT2D eigenvalue weighted by atomic mass is 10.2. The average Bonchev–Trinajstić information content (AvgIpc) is 3.08. The first kappa shape index (κ1) is 13.8. The highest BCUT2D eigenvalue weighted by atomic mass is 35.5. The topological polar surface area (TPSA) is 106 Å². The molecule has 1 amide bonds. The van der Waals surface area contributed by atoms with Crippen molar-refractivity contribution in [1.29, 1.82) is 0 Å². The third-order valence-corrected chi connectivity index (χ3v) is 3.46. The molecule has 7 nitrogen and oxygen atoms in total. The number of H-pyrrole nitrogens is 1. The molecule has 3 rings (SSSR count). The monoisotopic (exact) mass is 307 g/mol. The molecule has 2 aromatic heterocycles. The number of anilines is 2. The largest absolute Gasteiger partial charge is 0.383 e. The van der Waals surface area contributed by atoms with E-state index in [-0.39, 0.29) is 28.5 Å². The van der Waals surface area contributed by atoms with Gasteiger partial charge >= 0.3 is 0 Å². The van der Waals surface area contributed by atoms with E-state index in [0.717, 1.165) is 25.1 Å². The lowest BCUT2D eigenvalue weighted by Crippen LogP contribution is -2.15. The number of rotatable bonds is 3. The van der Waals surface area contributed by atoms with Gasteiger partial charge in [-0.2, -0.15) is 5.10 Å². The van der Waals surface area contributed by atoms with Crippen LogP contribution >= 0.6 is 11.6 Å². The fourth-order valence-corrected chi connectivity index (χ4v) is 2.37. The number of pyridine rings is 1. The third kappa shape index (κ3) is 2.98. The minimum Gasteiger partial charge on any atom is -0.383 e. The second kappa shape index (κ2) is 5.71. The van der Waals surface area contributed by atoms with Crippen LogP contribution in [0.1, 0.15) is 35.0 Å². The molecular formula is C13H14ClN5O2. The molecule has 0 aliphatic carbocycles. The van der Waals surface area contributed by atoms with E-state index in [4.69, 9.17) is 22.1 Å². The van der Waals surface area contributed by atoms with Gasteiger partial charge in [-0.3, -0.25) is 9.89 Å². The van der Waals surface area contributed by atoms with E-state index in [1.54, 1.807) is 6.07 Å². The maximum atomic E-state index is 12.1. The van der Waals surface area contributed by atoms with Gasteiger partial charge in [0.1, 0.15) is 11.0 Å². The average molecular weight is 308 g/mol. The third-order valence-electron chi connectivity index (χ3n) is 3.25. The summed E-state index contributed by atoms with van der Waals surface area (Å²) in [5.74, 6) is 0.108. The van der Waals surface area contributed by atoms with Crippen LogP contribution in [0.2, 0.25) is 5.15 Å². The number of nitrogens with zero attached hydrogens (tertiary/aromatic N) is 2. The van der Waals surface area contributed by atoms with Gasteiger partial charge in [0.25, 0.3) is 5.91 Å². The van der Waals surface area contributed by atoms with Crippen LogP contribution in [0.15, 0.2) is 18.2 Å². The van der Waals surface area contributed by atoms with Gasteiger partial charge in [-0.1, -0.05) is 11.6 Å². The summed E-state index contributed by atoms with van der Waals surface area (Å²) in [4.78, 5) is 16.0. The molecule has 0 saturated carbocycles. The standard InChI is InChI=1S/C13H14ClN5O2/c14-10-4-3-7(12(15)16-10)13(20)17-11-6-8(18-19-11)9-2-1-5-21-9/h3-4,6,9H,1-2,5H2,(H2,15,16)(H2,17,18,19,20). The lowest BCUT2D eigenvalue weighted by molar-refractivity contribution is 0.102. The van der Waals surface area contributed by atoms with Crippen molar-refractivity contribution in [1.82, 2.24) is 15.2 Å². The molecule has 8 heteroatoms. The van der Waals surface area contributed by atoms with Gasteiger partial charge in [0, 0.05) is 12.7 Å². The minimum absolute atomic E-state index is 0.0189. The number of hydrogen-bond donors (Lipinski definition) is 3. The molecule has 4 N–H and O–H groups in total. The zero-order chi connectivity index (χ0) is 14.8. The van der Waals surface area contributed by atoms with E-state index in [1.807, 2.05) is 0 Å². The summed E-state index contributed by atoms with van der Waals surface area (Å²) < 4.78 is 5.55. The number of carbonyl (C=O) groups is 1. The maximum absolute atomic E-state index is 12.1. The minimum atomic E-state index is -0.387. The van der Waals surface area contributed by atoms with Crippen LogP contribution in [0, 0.1) is 0 Å². The Kier molecular flexibility index (Phi) is 3.76. The van der Waals surface area contributed by atoms with Gasteiger partial charge in [-0.15, -0.1) is 0 Å². The molecule has 0 bridgehead atoms. The number of amides is 1. The number of nitrogens with two attached hydrogens (primary N) is 1. The van der Waals surface area contributed by atoms with E-state index in [1.165, 1.54) is 12.1 Å². The van der Waals surface area contributed by atoms with Gasteiger partial charge in [0.05, 0.1) is 17.4 Å². The van der Waals surface area contributed by atoms with Crippen LogP contribution in [-0.4, -0.2) is 27.7 Å². The first-order valence-corrected chi connectivity index (χ1v) is 6.91. The Hall–Kier alpha value is -2.12. The van der Waals surface area contributed by atoms with E-state index in [9.17, 15) is 4.79 Å². The Morgan fingerprint density at radius 1 is 1.52 bits per heavy atom. The fraction of sp³-hybridized carbons (Fsp3) is 0.308. The Morgan fingerprint density at radius 3 is 3.10 bits per heavy atom. The van der Waals surface area contributed by atoms with Gasteiger partial charge < -0.3 is 15.8 Å². The summed E-state index contributed by atoms with van der Waals surface area (Å²) in [6.45, 7) is 0.748. The molecular weight excluding hydrogens is 294 g/mol. The molecule has 0 aromatic carbocycles. The number of hydrogen-bond acceptors (Lipinski definition) is 5. The highest BCUT2D eigenvalue weighted by Crippen LogP contribution is 2.28. The zero-order valence-electron chi connectivity index (χ0n) is 11.1. The number of nitrogens with one attached hydrogen (secondary N) is 2. The fourth-order valence-electron chi connectivity index (χ4n) is 2.21. The van der Waals surface area contributed by atoms with Crippen molar-refractivity contribution in [2.75, 3.05) is 17.7 Å². The van der Waals surface area contributed by atoms with E-state index < -0.39 is 0 Å². The Balaban J connectivity index is 1.72. The first-order valence-electron chi connectivity index (χ1n) is 6.54. The molecule has 3 heterocycles. The van der Waals surface area contributed by atoms with Gasteiger partial charge in [0.15, 0.2) is 5.82 Å². The second-order valence-corrected chi connectivity index (χ2v) is 5.12. The quantitative estimate of drug-likeness (QED) is 0.753. The Labute approximate surface area is 125 Å². The summed E-state index contributed by atoms with van der Waals surface area (Å²) in [6, 6.07) is 4.79. The molecule has 110 valence electrons.